The first-order chi connectivity index (χ1) is 9.28. The van der Waals surface area contributed by atoms with Crippen molar-refractivity contribution in [2.45, 2.75) is 18.6 Å². The van der Waals surface area contributed by atoms with Gasteiger partial charge in [0.15, 0.2) is 0 Å². The first kappa shape index (κ1) is 12.1. The van der Waals surface area contributed by atoms with Gasteiger partial charge in [-0.15, -0.1) is 0 Å². The van der Waals surface area contributed by atoms with Gasteiger partial charge in [0, 0.05) is 6.42 Å². The van der Waals surface area contributed by atoms with Crippen LogP contribution in [0.1, 0.15) is 17.2 Å². The van der Waals surface area contributed by atoms with Gasteiger partial charge in [0.2, 0.25) is 0 Å². The van der Waals surface area contributed by atoms with Crippen LogP contribution in [-0.2, 0) is 6.42 Å². The zero-order chi connectivity index (χ0) is 13.2. The van der Waals surface area contributed by atoms with Crippen LogP contribution in [0.25, 0.3) is 0 Å². The van der Waals surface area contributed by atoms with Crippen LogP contribution < -0.4 is 16.0 Å². The fourth-order valence-corrected chi connectivity index (χ4v) is 2.51. The molecule has 2 aromatic rings. The normalized spacial score (nSPS) is 18.7. The highest BCUT2D eigenvalue weighted by atomic mass is 19.1. The van der Waals surface area contributed by atoms with Gasteiger partial charge in [0.25, 0.3) is 0 Å². The molecular formula is C15H15FN2O. The minimum atomic E-state index is -0.270. The molecule has 0 spiro atoms. The fraction of sp³-hybridized carbons (Fsp3) is 0.200. The molecule has 0 aromatic heterocycles. The van der Waals surface area contributed by atoms with E-state index in [-0.39, 0.29) is 18.0 Å². The van der Waals surface area contributed by atoms with Crippen molar-refractivity contribution >= 4 is 0 Å². The van der Waals surface area contributed by atoms with Gasteiger partial charge in [-0.25, -0.2) is 9.82 Å². The lowest BCUT2D eigenvalue weighted by molar-refractivity contribution is 0.179. The van der Waals surface area contributed by atoms with E-state index in [4.69, 9.17) is 10.6 Å². The molecular weight excluding hydrogens is 243 g/mol. The van der Waals surface area contributed by atoms with E-state index in [9.17, 15) is 4.39 Å². The van der Waals surface area contributed by atoms with Crippen molar-refractivity contribution in [1.82, 2.24) is 5.43 Å². The van der Waals surface area contributed by atoms with Gasteiger partial charge in [0.05, 0.1) is 6.04 Å². The summed E-state index contributed by atoms with van der Waals surface area (Å²) in [5.41, 5.74) is 4.68. The van der Waals surface area contributed by atoms with Crippen LogP contribution in [0.5, 0.6) is 5.75 Å². The van der Waals surface area contributed by atoms with Crippen molar-refractivity contribution in [3.63, 3.8) is 0 Å². The molecule has 0 bridgehead atoms. The summed E-state index contributed by atoms with van der Waals surface area (Å²) < 4.78 is 19.2. The van der Waals surface area contributed by atoms with Crippen molar-refractivity contribution in [3.05, 3.63) is 65.5 Å². The number of halogens is 1. The highest BCUT2D eigenvalue weighted by Gasteiger charge is 2.30. The first-order valence-electron chi connectivity index (χ1n) is 6.24. The van der Waals surface area contributed by atoms with Gasteiger partial charge in [-0.05, 0) is 29.3 Å². The molecule has 0 aliphatic carbocycles. The van der Waals surface area contributed by atoms with E-state index < -0.39 is 0 Å². The second-order valence-electron chi connectivity index (χ2n) is 4.67. The van der Waals surface area contributed by atoms with E-state index in [2.05, 4.69) is 5.43 Å². The molecule has 3 rings (SSSR count). The third-order valence-corrected chi connectivity index (χ3v) is 3.43. The second kappa shape index (κ2) is 4.99. The Kier molecular flexibility index (Phi) is 3.19. The van der Waals surface area contributed by atoms with Crippen molar-refractivity contribution in [1.29, 1.82) is 0 Å². The van der Waals surface area contributed by atoms with Crippen LogP contribution in [0.4, 0.5) is 4.39 Å². The number of para-hydroxylation sites is 1. The van der Waals surface area contributed by atoms with Gasteiger partial charge < -0.3 is 4.74 Å². The molecule has 98 valence electrons. The predicted octanol–water partition coefficient (Wildman–Crippen LogP) is 2.33. The van der Waals surface area contributed by atoms with E-state index in [1.807, 2.05) is 30.3 Å². The van der Waals surface area contributed by atoms with Crippen molar-refractivity contribution in [2.75, 3.05) is 0 Å². The molecule has 2 aromatic carbocycles. The summed E-state index contributed by atoms with van der Waals surface area (Å²) in [6, 6.07) is 14.1. The van der Waals surface area contributed by atoms with Crippen LogP contribution in [0.2, 0.25) is 0 Å². The van der Waals surface area contributed by atoms with Crippen molar-refractivity contribution in [2.24, 2.45) is 5.84 Å². The maximum absolute atomic E-state index is 13.3. The first-order valence-corrected chi connectivity index (χ1v) is 6.24. The SMILES string of the molecule is NNC(c1cccc(F)c1)C1Cc2ccccc2O1. The van der Waals surface area contributed by atoms with Crippen LogP contribution in [0.15, 0.2) is 48.5 Å². The summed E-state index contributed by atoms with van der Waals surface area (Å²) in [5, 5.41) is 0. The Morgan fingerprint density at radius 3 is 2.79 bits per heavy atom. The maximum Gasteiger partial charge on any atom is 0.124 e. The number of ether oxygens (including phenoxy) is 1. The summed E-state index contributed by atoms with van der Waals surface area (Å²) in [4.78, 5) is 0. The summed E-state index contributed by atoms with van der Waals surface area (Å²) >= 11 is 0. The average molecular weight is 258 g/mol. The lowest BCUT2D eigenvalue weighted by Crippen LogP contribution is -2.38. The highest BCUT2D eigenvalue weighted by molar-refractivity contribution is 5.38. The minimum absolute atomic E-state index is 0.121. The van der Waals surface area contributed by atoms with E-state index >= 15 is 0 Å². The molecule has 0 amide bonds. The standard InChI is InChI=1S/C15H15FN2O/c16-12-6-3-5-11(8-12)15(18-17)14-9-10-4-1-2-7-13(10)19-14/h1-8,14-15,18H,9,17H2. The van der Waals surface area contributed by atoms with Crippen LogP contribution in [0.3, 0.4) is 0 Å². The zero-order valence-electron chi connectivity index (χ0n) is 10.3. The Hall–Kier alpha value is -1.91. The number of hydrazine groups is 1. The summed E-state index contributed by atoms with van der Waals surface area (Å²) in [6.07, 6.45) is 0.644. The minimum Gasteiger partial charge on any atom is -0.488 e. The number of nitrogens with two attached hydrogens (primary N) is 1. The number of hydrogen-bond donors (Lipinski definition) is 2. The Labute approximate surface area is 111 Å². The number of fused-ring (bicyclic) bond motifs is 1. The van der Waals surface area contributed by atoms with Crippen molar-refractivity contribution < 1.29 is 9.13 Å². The quantitative estimate of drug-likeness (QED) is 0.656. The smallest absolute Gasteiger partial charge is 0.124 e. The van der Waals surface area contributed by atoms with Gasteiger partial charge >= 0.3 is 0 Å². The molecule has 1 heterocycles. The maximum atomic E-state index is 13.3. The van der Waals surface area contributed by atoms with Gasteiger partial charge in [-0.1, -0.05) is 30.3 Å². The van der Waals surface area contributed by atoms with Gasteiger partial charge in [-0.3, -0.25) is 5.84 Å². The molecule has 4 heteroatoms. The molecule has 0 fully saturated rings. The topological polar surface area (TPSA) is 47.3 Å². The second-order valence-corrected chi connectivity index (χ2v) is 4.67. The van der Waals surface area contributed by atoms with E-state index in [0.29, 0.717) is 0 Å². The number of benzene rings is 2. The largest absolute Gasteiger partial charge is 0.488 e. The molecule has 0 saturated carbocycles. The molecule has 1 aliphatic rings. The number of hydrogen-bond acceptors (Lipinski definition) is 3. The average Bonchev–Trinajstić information content (AvgIpc) is 2.83. The molecule has 0 radical (unpaired) electrons. The van der Waals surface area contributed by atoms with Crippen molar-refractivity contribution in [3.8, 4) is 5.75 Å². The molecule has 3 nitrogen and oxygen atoms in total. The molecule has 2 unspecified atom stereocenters. The Morgan fingerprint density at radius 1 is 1.21 bits per heavy atom. The number of rotatable bonds is 3. The van der Waals surface area contributed by atoms with E-state index in [1.54, 1.807) is 6.07 Å². The van der Waals surface area contributed by atoms with E-state index in [1.165, 1.54) is 12.1 Å². The summed E-state index contributed by atoms with van der Waals surface area (Å²) in [7, 11) is 0. The Morgan fingerprint density at radius 2 is 2.05 bits per heavy atom. The fourth-order valence-electron chi connectivity index (χ4n) is 2.51. The molecule has 0 saturated heterocycles. The zero-order valence-corrected chi connectivity index (χ0v) is 10.3. The van der Waals surface area contributed by atoms with Crippen LogP contribution in [-0.4, -0.2) is 6.10 Å². The third kappa shape index (κ3) is 2.32. The Balaban J connectivity index is 1.86. The monoisotopic (exact) mass is 258 g/mol. The molecule has 1 aliphatic heterocycles. The van der Waals surface area contributed by atoms with Gasteiger partial charge in [0.1, 0.15) is 17.7 Å². The molecule has 2 atom stereocenters. The lowest BCUT2D eigenvalue weighted by Gasteiger charge is -2.22. The lowest BCUT2D eigenvalue weighted by atomic mass is 9.98. The van der Waals surface area contributed by atoms with Crippen LogP contribution >= 0.6 is 0 Å². The molecule has 3 N–H and O–H groups in total. The summed E-state index contributed by atoms with van der Waals surface area (Å²) in [6.45, 7) is 0. The van der Waals surface area contributed by atoms with Gasteiger partial charge in [-0.2, -0.15) is 0 Å². The third-order valence-electron chi connectivity index (χ3n) is 3.43. The predicted molar refractivity (Wildman–Crippen MR) is 71.0 cm³/mol. The summed E-state index contributed by atoms with van der Waals surface area (Å²) in [5.74, 6) is 6.23. The highest BCUT2D eigenvalue weighted by Crippen LogP contribution is 2.33. The van der Waals surface area contributed by atoms with Crippen LogP contribution in [0, 0.1) is 5.82 Å². The molecule has 19 heavy (non-hydrogen) atoms. The Bertz CT molecular complexity index is 563. The number of nitrogens with one attached hydrogen (secondary N) is 1. The van der Waals surface area contributed by atoms with E-state index in [0.717, 1.165) is 23.3 Å².